The summed E-state index contributed by atoms with van der Waals surface area (Å²) in [5.41, 5.74) is 0. The highest BCUT2D eigenvalue weighted by Crippen LogP contribution is 2.47. The minimum absolute atomic E-state index is 0.0846. The zero-order valence-electron chi connectivity index (χ0n) is 6.84. The molecule has 0 aromatic heterocycles. The zero-order valence-corrected chi connectivity index (χ0v) is 6.84. The summed E-state index contributed by atoms with van der Waals surface area (Å²) in [6, 6.07) is 0. The van der Waals surface area contributed by atoms with E-state index in [0.717, 1.165) is 12.8 Å². The van der Waals surface area contributed by atoms with Crippen LogP contribution in [0, 0.1) is 11.8 Å². The van der Waals surface area contributed by atoms with Crippen LogP contribution in [-0.4, -0.2) is 34.4 Å². The summed E-state index contributed by atoms with van der Waals surface area (Å²) in [6.07, 6.45) is -0.267. The normalized spacial score (nSPS) is 42.2. The number of rotatable bonds is 2. The zero-order chi connectivity index (χ0) is 9.59. The minimum atomic E-state index is -1.04. The molecule has 5 nitrogen and oxygen atoms in total. The van der Waals surface area contributed by atoms with Crippen LogP contribution in [0.1, 0.15) is 12.8 Å². The summed E-state index contributed by atoms with van der Waals surface area (Å²) in [4.78, 5) is 21.3. The fraction of sp³-hybridized carbons (Fsp3) is 0.750. The van der Waals surface area contributed by atoms with E-state index in [9.17, 15) is 9.59 Å². The smallest absolute Gasteiger partial charge is 0.333 e. The van der Waals surface area contributed by atoms with Gasteiger partial charge in [-0.2, -0.15) is 0 Å². The molecule has 0 spiro atoms. The Kier molecular flexibility index (Phi) is 1.76. The Morgan fingerprint density at radius 3 is 1.54 bits per heavy atom. The Balaban J connectivity index is 2.13. The molecule has 2 N–H and O–H groups in total. The molecular weight excluding hydrogens is 176 g/mol. The van der Waals surface area contributed by atoms with Gasteiger partial charge in [0.15, 0.2) is 12.2 Å². The SMILES string of the molecule is O=C(O)C1OC(C(=O)O)C2CCC12. The average molecular weight is 186 g/mol. The van der Waals surface area contributed by atoms with E-state index in [0.29, 0.717) is 0 Å². The third-order valence-corrected chi connectivity index (χ3v) is 2.94. The van der Waals surface area contributed by atoms with Gasteiger partial charge in [-0.1, -0.05) is 0 Å². The first-order valence-corrected chi connectivity index (χ1v) is 4.22. The van der Waals surface area contributed by atoms with Gasteiger partial charge in [0.1, 0.15) is 0 Å². The van der Waals surface area contributed by atoms with Crippen LogP contribution in [0.2, 0.25) is 0 Å². The van der Waals surface area contributed by atoms with E-state index in [4.69, 9.17) is 14.9 Å². The fourth-order valence-corrected chi connectivity index (χ4v) is 2.15. The van der Waals surface area contributed by atoms with E-state index < -0.39 is 24.1 Å². The molecule has 2 fully saturated rings. The van der Waals surface area contributed by atoms with Crippen LogP contribution in [0.4, 0.5) is 0 Å². The molecule has 1 saturated heterocycles. The molecule has 0 aromatic rings. The first-order valence-electron chi connectivity index (χ1n) is 4.22. The van der Waals surface area contributed by atoms with E-state index in [2.05, 4.69) is 0 Å². The van der Waals surface area contributed by atoms with Gasteiger partial charge in [-0.15, -0.1) is 0 Å². The fourth-order valence-electron chi connectivity index (χ4n) is 2.15. The number of carbonyl (C=O) groups is 2. The molecular formula is C8H10O5. The van der Waals surface area contributed by atoms with Crippen molar-refractivity contribution in [1.82, 2.24) is 0 Å². The molecule has 0 bridgehead atoms. The van der Waals surface area contributed by atoms with Crippen molar-refractivity contribution < 1.29 is 24.5 Å². The molecule has 4 atom stereocenters. The second-order valence-electron chi connectivity index (χ2n) is 3.56. The molecule has 1 saturated carbocycles. The van der Waals surface area contributed by atoms with Gasteiger partial charge in [-0.05, 0) is 12.8 Å². The van der Waals surface area contributed by atoms with Crippen molar-refractivity contribution in [1.29, 1.82) is 0 Å². The summed E-state index contributed by atoms with van der Waals surface area (Å²) in [5.74, 6) is -2.26. The Hall–Kier alpha value is -1.10. The molecule has 2 rings (SSSR count). The van der Waals surface area contributed by atoms with Crippen LogP contribution in [-0.2, 0) is 14.3 Å². The van der Waals surface area contributed by atoms with Crippen molar-refractivity contribution in [3.8, 4) is 0 Å². The molecule has 4 unspecified atom stereocenters. The number of carboxylic acids is 2. The quantitative estimate of drug-likeness (QED) is 0.631. The molecule has 0 amide bonds. The molecule has 0 aromatic carbocycles. The predicted octanol–water partition coefficient (Wildman–Crippen LogP) is -0.0508. The minimum Gasteiger partial charge on any atom is -0.479 e. The maximum absolute atomic E-state index is 10.6. The van der Waals surface area contributed by atoms with Crippen molar-refractivity contribution in [2.45, 2.75) is 25.0 Å². The van der Waals surface area contributed by atoms with E-state index >= 15 is 0 Å². The van der Waals surface area contributed by atoms with Crippen LogP contribution in [0.25, 0.3) is 0 Å². The number of hydrogen-bond acceptors (Lipinski definition) is 3. The summed E-state index contributed by atoms with van der Waals surface area (Å²) in [5, 5.41) is 17.4. The number of aliphatic carboxylic acids is 2. The first-order chi connectivity index (χ1) is 6.11. The second-order valence-corrected chi connectivity index (χ2v) is 3.56. The van der Waals surface area contributed by atoms with Gasteiger partial charge in [0.05, 0.1) is 0 Å². The molecule has 1 aliphatic carbocycles. The third kappa shape index (κ3) is 1.11. The van der Waals surface area contributed by atoms with Crippen LogP contribution in [0.15, 0.2) is 0 Å². The summed E-state index contributed by atoms with van der Waals surface area (Å²) >= 11 is 0. The molecule has 72 valence electrons. The van der Waals surface area contributed by atoms with Crippen molar-refractivity contribution in [2.75, 3.05) is 0 Å². The van der Waals surface area contributed by atoms with E-state index in [1.807, 2.05) is 0 Å². The van der Waals surface area contributed by atoms with Crippen LogP contribution in [0.3, 0.4) is 0 Å². The van der Waals surface area contributed by atoms with Gasteiger partial charge in [0, 0.05) is 11.8 Å². The summed E-state index contributed by atoms with van der Waals surface area (Å²) in [7, 11) is 0. The van der Waals surface area contributed by atoms with Gasteiger partial charge in [0.2, 0.25) is 0 Å². The standard InChI is InChI=1S/C8H10O5/c9-7(10)5-3-1-2-4(3)6(13-5)8(11)12/h3-6H,1-2H2,(H,9,10)(H,11,12). The van der Waals surface area contributed by atoms with Gasteiger partial charge in [-0.25, -0.2) is 9.59 Å². The van der Waals surface area contributed by atoms with E-state index in [1.165, 1.54) is 0 Å². The van der Waals surface area contributed by atoms with Crippen molar-refractivity contribution in [3.05, 3.63) is 0 Å². The first kappa shape index (κ1) is 8.50. The second kappa shape index (κ2) is 2.70. The number of hydrogen-bond donors (Lipinski definition) is 2. The lowest BCUT2D eigenvalue weighted by Gasteiger charge is -2.31. The van der Waals surface area contributed by atoms with E-state index in [-0.39, 0.29) is 11.8 Å². The maximum Gasteiger partial charge on any atom is 0.333 e. The highest BCUT2D eigenvalue weighted by Gasteiger charge is 2.55. The van der Waals surface area contributed by atoms with Crippen LogP contribution >= 0.6 is 0 Å². The third-order valence-electron chi connectivity index (χ3n) is 2.94. The lowest BCUT2D eigenvalue weighted by Crippen LogP contribution is -2.36. The molecule has 1 aliphatic heterocycles. The Morgan fingerprint density at radius 1 is 1.00 bits per heavy atom. The summed E-state index contributed by atoms with van der Waals surface area (Å²) < 4.78 is 4.97. The summed E-state index contributed by atoms with van der Waals surface area (Å²) in [6.45, 7) is 0. The Labute approximate surface area is 74.3 Å². The predicted molar refractivity (Wildman–Crippen MR) is 40.1 cm³/mol. The van der Waals surface area contributed by atoms with E-state index in [1.54, 1.807) is 0 Å². The van der Waals surface area contributed by atoms with Gasteiger partial charge >= 0.3 is 11.9 Å². The number of ether oxygens (including phenoxy) is 1. The highest BCUT2D eigenvalue weighted by atomic mass is 16.5. The largest absolute Gasteiger partial charge is 0.479 e. The van der Waals surface area contributed by atoms with Crippen molar-refractivity contribution >= 4 is 11.9 Å². The topological polar surface area (TPSA) is 83.8 Å². The number of carboxylic acid groups (broad SMARTS) is 2. The van der Waals surface area contributed by atoms with Gasteiger partial charge in [0.25, 0.3) is 0 Å². The maximum atomic E-state index is 10.6. The van der Waals surface area contributed by atoms with Crippen molar-refractivity contribution in [3.63, 3.8) is 0 Å². The molecule has 5 heteroatoms. The van der Waals surface area contributed by atoms with Crippen molar-refractivity contribution in [2.24, 2.45) is 11.8 Å². The monoisotopic (exact) mass is 186 g/mol. The van der Waals surface area contributed by atoms with Gasteiger partial charge in [-0.3, -0.25) is 0 Å². The molecule has 1 heterocycles. The molecule has 2 aliphatic rings. The average Bonchev–Trinajstić information content (AvgIpc) is 2.22. The Morgan fingerprint density at radius 2 is 1.38 bits per heavy atom. The van der Waals surface area contributed by atoms with Crippen LogP contribution in [0.5, 0.6) is 0 Å². The lowest BCUT2D eigenvalue weighted by molar-refractivity contribution is -0.158. The molecule has 13 heavy (non-hydrogen) atoms. The molecule has 0 radical (unpaired) electrons. The lowest BCUT2D eigenvalue weighted by atomic mass is 9.70. The number of fused-ring (bicyclic) bond motifs is 1. The highest BCUT2D eigenvalue weighted by molar-refractivity contribution is 5.78. The Bertz CT molecular complexity index is 235. The van der Waals surface area contributed by atoms with Crippen LogP contribution < -0.4 is 0 Å². The van der Waals surface area contributed by atoms with Gasteiger partial charge < -0.3 is 14.9 Å².